The van der Waals surface area contributed by atoms with E-state index in [1.54, 1.807) is 17.7 Å². The van der Waals surface area contributed by atoms with Crippen molar-refractivity contribution in [1.82, 2.24) is 9.78 Å². The highest BCUT2D eigenvalue weighted by Gasteiger charge is 2.27. The number of rotatable bonds is 5. The third kappa shape index (κ3) is 4.58. The van der Waals surface area contributed by atoms with Crippen molar-refractivity contribution in [2.24, 2.45) is 0 Å². The lowest BCUT2D eigenvalue weighted by Crippen LogP contribution is -2.14. The van der Waals surface area contributed by atoms with E-state index >= 15 is 0 Å². The van der Waals surface area contributed by atoms with Crippen molar-refractivity contribution in [3.8, 4) is 0 Å². The molecule has 0 aliphatic rings. The first-order valence-electron chi connectivity index (χ1n) is 5.43. The summed E-state index contributed by atoms with van der Waals surface area (Å²) in [6.45, 7) is 4.27. The molecule has 0 unspecified atom stereocenters. The van der Waals surface area contributed by atoms with E-state index in [2.05, 4.69) is 5.10 Å². The van der Waals surface area contributed by atoms with Gasteiger partial charge in [-0.15, -0.1) is 0 Å². The highest BCUT2D eigenvalue weighted by atomic mass is 19.4. The molecule has 1 rings (SSSR count). The Hall–Kier alpha value is -1.33. The first-order chi connectivity index (χ1) is 7.81. The summed E-state index contributed by atoms with van der Waals surface area (Å²) in [5.74, 6) is -0.406. The summed E-state index contributed by atoms with van der Waals surface area (Å²) >= 11 is 0. The summed E-state index contributed by atoms with van der Waals surface area (Å²) in [5, 5.41) is 4.13. The molecule has 0 saturated carbocycles. The molecule has 0 N–H and O–H groups in total. The second-order valence-electron chi connectivity index (χ2n) is 3.92. The van der Waals surface area contributed by atoms with Gasteiger partial charge in [0.25, 0.3) is 0 Å². The highest BCUT2D eigenvalue weighted by Crippen LogP contribution is 2.21. The fourth-order valence-corrected chi connectivity index (χ4v) is 1.59. The zero-order chi connectivity index (χ0) is 13.1. The van der Waals surface area contributed by atoms with E-state index in [4.69, 9.17) is 0 Å². The number of nitrogens with zero attached hydrogens (tertiary/aromatic N) is 2. The molecule has 0 aliphatic carbocycles. The van der Waals surface area contributed by atoms with Gasteiger partial charge in [0.2, 0.25) is 0 Å². The van der Waals surface area contributed by atoms with E-state index < -0.39 is 24.8 Å². The quantitative estimate of drug-likeness (QED) is 0.803. The fraction of sp³-hybridized carbons (Fsp3) is 0.636. The third-order valence-corrected chi connectivity index (χ3v) is 2.35. The average molecular weight is 248 g/mol. The monoisotopic (exact) mass is 248 g/mol. The SMILES string of the molecule is CCn1nc(C)cc1CC(=O)CCC(F)(F)F. The van der Waals surface area contributed by atoms with Crippen molar-refractivity contribution in [2.75, 3.05) is 0 Å². The molecule has 0 atom stereocenters. The molecule has 0 amide bonds. The zero-order valence-corrected chi connectivity index (χ0v) is 9.84. The van der Waals surface area contributed by atoms with Gasteiger partial charge in [0, 0.05) is 25.1 Å². The van der Waals surface area contributed by atoms with Gasteiger partial charge in [-0.3, -0.25) is 9.48 Å². The molecule has 0 spiro atoms. The van der Waals surface area contributed by atoms with Crippen molar-refractivity contribution in [3.05, 3.63) is 17.5 Å². The number of aryl methyl sites for hydroxylation is 2. The van der Waals surface area contributed by atoms with Crippen LogP contribution < -0.4 is 0 Å². The molecule has 0 saturated heterocycles. The lowest BCUT2D eigenvalue weighted by molar-refractivity contribution is -0.143. The van der Waals surface area contributed by atoms with E-state index in [-0.39, 0.29) is 6.42 Å². The van der Waals surface area contributed by atoms with Crippen LogP contribution in [0.2, 0.25) is 0 Å². The summed E-state index contributed by atoms with van der Waals surface area (Å²) in [7, 11) is 0. The van der Waals surface area contributed by atoms with E-state index in [1.807, 2.05) is 6.92 Å². The van der Waals surface area contributed by atoms with Crippen LogP contribution in [0.5, 0.6) is 0 Å². The Kier molecular flexibility index (Phi) is 4.31. The largest absolute Gasteiger partial charge is 0.389 e. The van der Waals surface area contributed by atoms with Gasteiger partial charge in [0.1, 0.15) is 5.78 Å². The van der Waals surface area contributed by atoms with Crippen molar-refractivity contribution in [1.29, 1.82) is 0 Å². The Balaban J connectivity index is 2.56. The average Bonchev–Trinajstić information content (AvgIpc) is 2.55. The van der Waals surface area contributed by atoms with Crippen LogP contribution >= 0.6 is 0 Å². The maximum absolute atomic E-state index is 11.9. The predicted molar refractivity (Wildman–Crippen MR) is 56.6 cm³/mol. The number of Topliss-reactive ketones (excluding diaryl/α,β-unsaturated/α-hetero) is 1. The summed E-state index contributed by atoms with van der Waals surface area (Å²) in [5.41, 5.74) is 1.45. The number of carbonyl (C=O) groups excluding carboxylic acids is 1. The molecule has 0 fully saturated rings. The van der Waals surface area contributed by atoms with Gasteiger partial charge in [-0.2, -0.15) is 18.3 Å². The Labute approximate surface area is 97.6 Å². The van der Waals surface area contributed by atoms with Crippen LogP contribution in [-0.4, -0.2) is 21.7 Å². The van der Waals surface area contributed by atoms with Gasteiger partial charge in [0.05, 0.1) is 12.1 Å². The summed E-state index contributed by atoms with van der Waals surface area (Å²) < 4.78 is 37.4. The molecule has 1 heterocycles. The molecule has 17 heavy (non-hydrogen) atoms. The Bertz CT molecular complexity index is 396. The van der Waals surface area contributed by atoms with Crippen molar-refractivity contribution >= 4 is 5.78 Å². The highest BCUT2D eigenvalue weighted by molar-refractivity contribution is 5.80. The van der Waals surface area contributed by atoms with Gasteiger partial charge in [0.15, 0.2) is 0 Å². The first-order valence-corrected chi connectivity index (χ1v) is 5.43. The summed E-state index contributed by atoms with van der Waals surface area (Å²) in [6, 6.07) is 1.73. The Morgan fingerprint density at radius 1 is 1.47 bits per heavy atom. The molecule has 1 aromatic heterocycles. The molecule has 3 nitrogen and oxygen atoms in total. The summed E-state index contributed by atoms with van der Waals surface area (Å²) in [6.07, 6.45) is -5.76. The minimum atomic E-state index is -4.27. The van der Waals surface area contributed by atoms with Crippen LogP contribution in [0.15, 0.2) is 6.07 Å². The van der Waals surface area contributed by atoms with Crippen LogP contribution in [0.4, 0.5) is 13.2 Å². The van der Waals surface area contributed by atoms with Crippen LogP contribution in [0.3, 0.4) is 0 Å². The smallest absolute Gasteiger partial charge is 0.299 e. The number of aromatic nitrogens is 2. The maximum Gasteiger partial charge on any atom is 0.389 e. The predicted octanol–water partition coefficient (Wildman–Crippen LogP) is 2.67. The number of ketones is 1. The number of carbonyl (C=O) groups is 1. The molecular weight excluding hydrogens is 233 g/mol. The first kappa shape index (κ1) is 13.7. The normalized spacial score (nSPS) is 11.8. The molecule has 0 bridgehead atoms. The lowest BCUT2D eigenvalue weighted by atomic mass is 10.1. The Morgan fingerprint density at radius 2 is 2.12 bits per heavy atom. The second-order valence-corrected chi connectivity index (χ2v) is 3.92. The zero-order valence-electron chi connectivity index (χ0n) is 9.84. The van der Waals surface area contributed by atoms with Crippen molar-refractivity contribution in [3.63, 3.8) is 0 Å². The van der Waals surface area contributed by atoms with Crippen molar-refractivity contribution < 1.29 is 18.0 Å². The molecule has 96 valence electrons. The Morgan fingerprint density at radius 3 is 2.65 bits per heavy atom. The molecular formula is C11H15F3N2O. The van der Waals surface area contributed by atoms with E-state index in [1.165, 1.54) is 0 Å². The van der Waals surface area contributed by atoms with Gasteiger partial charge < -0.3 is 0 Å². The third-order valence-electron chi connectivity index (χ3n) is 2.35. The molecule has 1 aromatic rings. The van der Waals surface area contributed by atoms with E-state index in [9.17, 15) is 18.0 Å². The summed E-state index contributed by atoms with van der Waals surface area (Å²) in [4.78, 5) is 11.4. The molecule has 6 heteroatoms. The van der Waals surface area contributed by atoms with Crippen LogP contribution in [0.1, 0.15) is 31.2 Å². The minimum absolute atomic E-state index is 0.0186. The van der Waals surface area contributed by atoms with Crippen LogP contribution in [0, 0.1) is 6.92 Å². The van der Waals surface area contributed by atoms with Gasteiger partial charge >= 0.3 is 6.18 Å². The number of hydrogen-bond donors (Lipinski definition) is 0. The topological polar surface area (TPSA) is 34.9 Å². The van der Waals surface area contributed by atoms with Crippen LogP contribution in [0.25, 0.3) is 0 Å². The lowest BCUT2D eigenvalue weighted by Gasteiger charge is -2.06. The van der Waals surface area contributed by atoms with E-state index in [0.717, 1.165) is 5.69 Å². The molecule has 0 aliphatic heterocycles. The second kappa shape index (κ2) is 5.33. The molecule has 0 aromatic carbocycles. The number of hydrogen-bond acceptors (Lipinski definition) is 2. The van der Waals surface area contributed by atoms with Gasteiger partial charge in [-0.05, 0) is 19.9 Å². The number of halogens is 3. The van der Waals surface area contributed by atoms with Crippen LogP contribution in [-0.2, 0) is 17.8 Å². The van der Waals surface area contributed by atoms with E-state index in [0.29, 0.717) is 12.2 Å². The van der Waals surface area contributed by atoms with Gasteiger partial charge in [-0.1, -0.05) is 0 Å². The van der Waals surface area contributed by atoms with Crippen molar-refractivity contribution in [2.45, 2.75) is 45.8 Å². The van der Waals surface area contributed by atoms with Gasteiger partial charge in [-0.25, -0.2) is 0 Å². The standard InChI is InChI=1S/C11H15F3N2O/c1-3-16-9(6-8(2)15-16)7-10(17)4-5-11(12,13)14/h6H,3-5,7H2,1-2H3. The maximum atomic E-state index is 11.9. The minimum Gasteiger partial charge on any atom is -0.299 e. The fourth-order valence-electron chi connectivity index (χ4n) is 1.59. The molecule has 0 radical (unpaired) electrons. The number of alkyl halides is 3.